The van der Waals surface area contributed by atoms with E-state index in [-0.39, 0.29) is 24.0 Å². The third-order valence-corrected chi connectivity index (χ3v) is 8.63. The van der Waals surface area contributed by atoms with Crippen molar-refractivity contribution in [2.24, 2.45) is 11.8 Å². The molecule has 0 saturated heterocycles. The van der Waals surface area contributed by atoms with Crippen molar-refractivity contribution in [3.63, 3.8) is 0 Å². The number of unbranched alkanes of at least 4 members (excludes halogenated alkanes) is 2. The van der Waals surface area contributed by atoms with Crippen LogP contribution < -0.4 is 0 Å². The molecule has 2 rings (SSSR count). The van der Waals surface area contributed by atoms with Crippen LogP contribution in [0.1, 0.15) is 56.9 Å². The first kappa shape index (κ1) is 29.0. The number of alkyl halides is 3. The number of halogens is 3. The summed E-state index contributed by atoms with van der Waals surface area (Å²) in [5.41, 5.74) is -0.861. The minimum atomic E-state index is -4.49. The third kappa shape index (κ3) is 9.11. The second-order valence-electron chi connectivity index (χ2n) is 9.33. The van der Waals surface area contributed by atoms with Crippen molar-refractivity contribution in [1.82, 2.24) is 9.21 Å². The summed E-state index contributed by atoms with van der Waals surface area (Å²) in [6, 6.07) is 3.67. The molecule has 0 atom stereocenters. The molecule has 196 valence electrons. The summed E-state index contributed by atoms with van der Waals surface area (Å²) in [6.07, 6.45) is 4.02. The lowest BCUT2D eigenvalue weighted by Gasteiger charge is -2.31. The smallest absolute Gasteiger partial charge is 0.395 e. The Balaban J connectivity index is 1.71. The Hall–Kier alpha value is -1.20. The highest BCUT2D eigenvalue weighted by Gasteiger charge is 2.32. The lowest BCUT2D eigenvalue weighted by molar-refractivity contribution is -0.137. The van der Waals surface area contributed by atoms with E-state index in [1.54, 1.807) is 0 Å². The molecule has 0 unspecified atom stereocenters. The maximum atomic E-state index is 12.8. The fraction of sp³-hybridized carbons (Fsp3) is 0.750. The number of sulfonamides is 1. The second-order valence-corrected chi connectivity index (χ2v) is 11.4. The predicted molar refractivity (Wildman–Crippen MR) is 126 cm³/mol. The van der Waals surface area contributed by atoms with E-state index in [2.05, 4.69) is 4.90 Å². The quantitative estimate of drug-likeness (QED) is 0.372. The Morgan fingerprint density at radius 1 is 0.882 bits per heavy atom. The highest BCUT2D eigenvalue weighted by molar-refractivity contribution is 7.89. The molecule has 1 aliphatic carbocycles. The molecule has 0 spiro atoms. The van der Waals surface area contributed by atoms with E-state index in [0.717, 1.165) is 82.2 Å². The van der Waals surface area contributed by atoms with Crippen LogP contribution in [-0.4, -0.2) is 74.3 Å². The highest BCUT2D eigenvalue weighted by Crippen LogP contribution is 2.34. The van der Waals surface area contributed by atoms with Crippen molar-refractivity contribution in [2.45, 2.75) is 62.4 Å². The molecule has 6 nitrogen and oxygen atoms in total. The van der Waals surface area contributed by atoms with Gasteiger partial charge in [0.1, 0.15) is 0 Å². The first-order chi connectivity index (χ1) is 16.1. The zero-order valence-electron chi connectivity index (χ0n) is 20.0. The van der Waals surface area contributed by atoms with Gasteiger partial charge in [0.05, 0.1) is 23.7 Å². The third-order valence-electron chi connectivity index (χ3n) is 6.79. The molecule has 0 radical (unpaired) electrons. The van der Waals surface area contributed by atoms with Crippen molar-refractivity contribution in [2.75, 3.05) is 46.4 Å². The first-order valence-corrected chi connectivity index (χ1v) is 13.6. The Bertz CT molecular complexity index is 805. The summed E-state index contributed by atoms with van der Waals surface area (Å²) in [7, 11) is -2.32. The van der Waals surface area contributed by atoms with Gasteiger partial charge in [-0.25, -0.2) is 12.7 Å². The molecule has 0 aliphatic heterocycles. The summed E-state index contributed by atoms with van der Waals surface area (Å²) >= 11 is 0. The van der Waals surface area contributed by atoms with Gasteiger partial charge in [0.15, 0.2) is 0 Å². The van der Waals surface area contributed by atoms with Crippen molar-refractivity contribution >= 4 is 10.0 Å². The number of hydrogen-bond donors (Lipinski definition) is 2. The van der Waals surface area contributed by atoms with E-state index in [1.165, 1.54) is 11.4 Å². The number of rotatable bonds is 14. The topological polar surface area (TPSA) is 81.1 Å². The van der Waals surface area contributed by atoms with Gasteiger partial charge >= 0.3 is 6.18 Å². The van der Waals surface area contributed by atoms with Gasteiger partial charge in [0, 0.05) is 26.7 Å². The Morgan fingerprint density at radius 2 is 1.44 bits per heavy atom. The van der Waals surface area contributed by atoms with Gasteiger partial charge in [-0.15, -0.1) is 0 Å². The Kier molecular flexibility index (Phi) is 11.8. The molecule has 0 amide bonds. The van der Waals surface area contributed by atoms with Crippen molar-refractivity contribution in [3.8, 4) is 0 Å². The molecule has 10 heteroatoms. The molecule has 1 saturated carbocycles. The maximum Gasteiger partial charge on any atom is 0.416 e. The highest BCUT2D eigenvalue weighted by atomic mass is 32.2. The monoisotopic (exact) mass is 508 g/mol. The summed E-state index contributed by atoms with van der Waals surface area (Å²) in [6.45, 7) is 2.64. The van der Waals surface area contributed by atoms with Crippen molar-refractivity contribution in [1.29, 1.82) is 0 Å². The fourth-order valence-electron chi connectivity index (χ4n) is 4.72. The molecule has 0 aromatic heterocycles. The molecular weight excluding hydrogens is 469 g/mol. The van der Waals surface area contributed by atoms with Crippen molar-refractivity contribution < 1.29 is 31.8 Å². The first-order valence-electron chi connectivity index (χ1n) is 12.2. The minimum absolute atomic E-state index is 0.101. The second kappa shape index (κ2) is 13.8. The normalized spacial score (nSPS) is 19.8. The van der Waals surface area contributed by atoms with Crippen LogP contribution in [0, 0.1) is 11.8 Å². The predicted octanol–water partition coefficient (Wildman–Crippen LogP) is 3.98. The lowest BCUT2D eigenvalue weighted by Crippen LogP contribution is -2.33. The molecule has 2 N–H and O–H groups in total. The van der Waals surface area contributed by atoms with Crippen LogP contribution in [0.2, 0.25) is 0 Å². The van der Waals surface area contributed by atoms with E-state index < -0.39 is 21.8 Å². The van der Waals surface area contributed by atoms with E-state index in [1.807, 2.05) is 0 Å². The van der Waals surface area contributed by atoms with E-state index in [9.17, 15) is 21.6 Å². The van der Waals surface area contributed by atoms with E-state index in [4.69, 9.17) is 10.2 Å². The number of aliphatic hydroxyl groups excluding tert-OH is 2. The average Bonchev–Trinajstić information content (AvgIpc) is 2.79. The van der Waals surface area contributed by atoms with E-state index >= 15 is 0 Å². The zero-order valence-corrected chi connectivity index (χ0v) is 20.8. The Morgan fingerprint density at radius 3 is 1.97 bits per heavy atom. The summed E-state index contributed by atoms with van der Waals surface area (Å²) in [5.74, 6) is 0.912. The van der Waals surface area contributed by atoms with Crippen LogP contribution in [0.4, 0.5) is 13.2 Å². The SMILES string of the molecule is CN(C[C@H]1CC[C@H](CCCCCN(CCO)CCO)CC1)S(=O)(=O)c1ccc(C(F)(F)F)cc1. The van der Waals surface area contributed by atoms with Gasteiger partial charge in [-0.1, -0.05) is 32.1 Å². The van der Waals surface area contributed by atoms with Gasteiger partial charge in [-0.05, 0) is 61.9 Å². The number of hydrogen-bond acceptors (Lipinski definition) is 5. The fourth-order valence-corrected chi connectivity index (χ4v) is 5.97. The van der Waals surface area contributed by atoms with E-state index in [0.29, 0.717) is 25.6 Å². The van der Waals surface area contributed by atoms with Gasteiger partial charge < -0.3 is 10.2 Å². The maximum absolute atomic E-state index is 12.8. The van der Waals surface area contributed by atoms with Crippen LogP contribution >= 0.6 is 0 Å². The molecule has 1 aromatic rings. The van der Waals surface area contributed by atoms with Gasteiger partial charge in [0.2, 0.25) is 10.0 Å². The minimum Gasteiger partial charge on any atom is -0.395 e. The standard InChI is InChI=1S/C24H39F3N2O4S/c1-28(34(32,33)23-12-10-22(11-13-23)24(25,26)27)19-21-8-6-20(7-9-21)5-3-2-4-14-29(15-17-30)16-18-31/h10-13,20-21,30-31H,2-9,14-19H2,1H3/t20-,21-. The van der Waals surface area contributed by atoms with Crippen LogP contribution in [0.5, 0.6) is 0 Å². The van der Waals surface area contributed by atoms with Gasteiger partial charge in [-0.2, -0.15) is 13.2 Å². The lowest BCUT2D eigenvalue weighted by atomic mass is 9.80. The summed E-state index contributed by atoms with van der Waals surface area (Å²) in [5, 5.41) is 18.1. The largest absolute Gasteiger partial charge is 0.416 e. The molecule has 1 aromatic carbocycles. The van der Waals surface area contributed by atoms with Crippen LogP contribution in [0.15, 0.2) is 29.2 Å². The molecular formula is C24H39F3N2O4S. The number of aliphatic hydroxyl groups is 2. The number of nitrogens with zero attached hydrogens (tertiary/aromatic N) is 2. The van der Waals surface area contributed by atoms with Crippen LogP contribution in [-0.2, 0) is 16.2 Å². The summed E-state index contributed by atoms with van der Waals surface area (Å²) in [4.78, 5) is 1.95. The van der Waals surface area contributed by atoms with Gasteiger partial charge in [0.25, 0.3) is 0 Å². The molecule has 1 aliphatic rings. The molecule has 0 bridgehead atoms. The van der Waals surface area contributed by atoms with Gasteiger partial charge in [-0.3, -0.25) is 4.90 Å². The van der Waals surface area contributed by atoms with Crippen molar-refractivity contribution in [3.05, 3.63) is 29.8 Å². The molecule has 1 fully saturated rings. The van der Waals surface area contributed by atoms with Crippen LogP contribution in [0.3, 0.4) is 0 Å². The molecule has 0 heterocycles. The summed E-state index contributed by atoms with van der Waals surface area (Å²) < 4.78 is 65.0. The molecule has 34 heavy (non-hydrogen) atoms. The number of benzene rings is 1. The average molecular weight is 509 g/mol. The zero-order chi connectivity index (χ0) is 25.2. The Labute approximate surface area is 201 Å². The van der Waals surface area contributed by atoms with Crippen LogP contribution in [0.25, 0.3) is 0 Å².